The van der Waals surface area contributed by atoms with Crippen LogP contribution >= 0.6 is 0 Å². The Morgan fingerprint density at radius 2 is 1.56 bits per heavy atom. The van der Waals surface area contributed by atoms with Crippen LogP contribution in [0.3, 0.4) is 0 Å². The van der Waals surface area contributed by atoms with Crippen molar-refractivity contribution in [3.05, 3.63) is 0 Å². The molecule has 0 aromatic rings. The fourth-order valence-electron chi connectivity index (χ4n) is 7.06. The highest BCUT2D eigenvalue weighted by atomic mass is 16.6. The molecule has 4 heterocycles. The molecule has 2 spiro atoms. The number of unbranched alkanes of at least 4 members (excludes halogenated alkanes) is 1. The molecule has 4 aliphatic rings. The van der Waals surface area contributed by atoms with Gasteiger partial charge in [-0.1, -0.05) is 13.3 Å². The maximum atomic E-state index is 6.60. The summed E-state index contributed by atoms with van der Waals surface area (Å²) in [5.74, 6) is 0. The molecular weight excluding hydrogens is 410 g/mol. The van der Waals surface area contributed by atoms with Crippen LogP contribution in [0.4, 0.5) is 0 Å². The van der Waals surface area contributed by atoms with Gasteiger partial charge in [-0.3, -0.25) is 0 Å². The highest BCUT2D eigenvalue weighted by Gasteiger charge is 2.69. The number of hydrogen-bond acceptors (Lipinski definition) is 7. The maximum absolute atomic E-state index is 6.60. The van der Waals surface area contributed by atoms with Crippen LogP contribution in [0.15, 0.2) is 0 Å². The minimum Gasteiger partial charge on any atom is -0.379 e. The van der Waals surface area contributed by atoms with Crippen LogP contribution in [0.5, 0.6) is 0 Å². The zero-order valence-corrected chi connectivity index (χ0v) is 21.0. The molecule has 0 bridgehead atoms. The minimum absolute atomic E-state index is 0.0142. The second-order valence-corrected chi connectivity index (χ2v) is 11.2. The second kappa shape index (κ2) is 9.06. The molecule has 4 saturated heterocycles. The van der Waals surface area contributed by atoms with E-state index in [9.17, 15) is 0 Å². The van der Waals surface area contributed by atoms with Gasteiger partial charge in [-0.05, 0) is 53.9 Å². The number of ether oxygens (including phenoxy) is 6. The summed E-state index contributed by atoms with van der Waals surface area (Å²) >= 11 is 0. The third kappa shape index (κ3) is 3.67. The van der Waals surface area contributed by atoms with Crippen molar-refractivity contribution < 1.29 is 28.4 Å². The molecule has 2 N–H and O–H groups in total. The van der Waals surface area contributed by atoms with E-state index in [4.69, 9.17) is 34.2 Å². The third-order valence-electron chi connectivity index (χ3n) is 9.08. The summed E-state index contributed by atoms with van der Waals surface area (Å²) in [5.41, 5.74) is 6.02. The van der Waals surface area contributed by atoms with Gasteiger partial charge in [0.2, 0.25) is 0 Å². The first-order valence-electron chi connectivity index (χ1n) is 12.6. The summed E-state index contributed by atoms with van der Waals surface area (Å²) in [5, 5.41) is 0. The van der Waals surface area contributed by atoms with E-state index in [0.717, 1.165) is 45.5 Å². The first-order valence-corrected chi connectivity index (χ1v) is 12.6. The lowest BCUT2D eigenvalue weighted by Crippen LogP contribution is -2.74. The fraction of sp³-hybridized carbons (Fsp3) is 1.00. The predicted octanol–water partition coefficient (Wildman–Crippen LogP) is 3.07. The molecule has 32 heavy (non-hydrogen) atoms. The lowest BCUT2D eigenvalue weighted by Gasteiger charge is -2.63. The van der Waals surface area contributed by atoms with E-state index in [1.54, 1.807) is 0 Å². The van der Waals surface area contributed by atoms with Crippen LogP contribution in [0, 0.1) is 10.8 Å². The van der Waals surface area contributed by atoms with E-state index in [-0.39, 0.29) is 52.5 Å². The summed E-state index contributed by atoms with van der Waals surface area (Å²) in [6.45, 7) is 16.8. The molecule has 0 saturated carbocycles. The van der Waals surface area contributed by atoms with Crippen LogP contribution in [0.25, 0.3) is 0 Å². The summed E-state index contributed by atoms with van der Waals surface area (Å²) in [6.07, 6.45) is 4.31. The lowest BCUT2D eigenvalue weighted by atomic mass is 9.59. The molecule has 186 valence electrons. The Bertz CT molecular complexity index is 656. The lowest BCUT2D eigenvalue weighted by molar-refractivity contribution is -0.334. The summed E-state index contributed by atoms with van der Waals surface area (Å²) in [7, 11) is 0. The standard InChI is InChI=1S/C25H45NO6/c1-7-8-11-27-16-20-25(23(5,6)31-20)10-13-30-19(25)15-28-14-18(26)21-24(22(3,4)32-21)9-12-29-17(24)2/h17-21H,7-16,26H2,1-6H3/t17-,18+,19+,20+,21+,24?,25?/m1/s1. The van der Waals surface area contributed by atoms with Crippen molar-refractivity contribution >= 4 is 0 Å². The number of nitrogens with two attached hydrogens (primary N) is 1. The fourth-order valence-corrected chi connectivity index (χ4v) is 7.06. The molecule has 4 fully saturated rings. The molecule has 0 radical (unpaired) electrons. The molecule has 0 aliphatic carbocycles. The van der Waals surface area contributed by atoms with Gasteiger partial charge in [0.15, 0.2) is 0 Å². The molecule has 4 rings (SSSR count). The normalized spacial score (nSPS) is 42.8. The SMILES string of the molecule is CCCCOC[C@@H]1OC(C)(C)C12CCO[C@H]2COC[C@H](N)[C@@H]1OC(C)(C)C12CCO[C@@H]2C. The highest BCUT2D eigenvalue weighted by Crippen LogP contribution is 2.60. The van der Waals surface area contributed by atoms with Gasteiger partial charge in [-0.25, -0.2) is 0 Å². The Kier molecular flexibility index (Phi) is 7.03. The van der Waals surface area contributed by atoms with Crippen LogP contribution in [0.1, 0.15) is 67.2 Å². The largest absolute Gasteiger partial charge is 0.379 e. The molecule has 2 unspecified atom stereocenters. The maximum Gasteiger partial charge on any atom is 0.0926 e. The van der Waals surface area contributed by atoms with E-state index in [2.05, 4.69) is 41.5 Å². The summed E-state index contributed by atoms with van der Waals surface area (Å²) in [6, 6.07) is -0.191. The van der Waals surface area contributed by atoms with Crippen molar-refractivity contribution in [2.75, 3.05) is 39.6 Å². The highest BCUT2D eigenvalue weighted by molar-refractivity contribution is 5.16. The quantitative estimate of drug-likeness (QED) is 0.507. The summed E-state index contributed by atoms with van der Waals surface area (Å²) < 4.78 is 36.7. The predicted molar refractivity (Wildman–Crippen MR) is 122 cm³/mol. The van der Waals surface area contributed by atoms with Crippen molar-refractivity contribution in [1.29, 1.82) is 0 Å². The van der Waals surface area contributed by atoms with Crippen LogP contribution in [-0.2, 0) is 28.4 Å². The molecule has 7 atom stereocenters. The Morgan fingerprint density at radius 3 is 2.19 bits per heavy atom. The molecule has 0 aromatic heterocycles. The van der Waals surface area contributed by atoms with E-state index < -0.39 is 0 Å². The molecular formula is C25H45NO6. The van der Waals surface area contributed by atoms with Crippen LogP contribution in [-0.4, -0.2) is 81.3 Å². The van der Waals surface area contributed by atoms with Gasteiger partial charge in [0.05, 0.1) is 72.3 Å². The van der Waals surface area contributed by atoms with Crippen molar-refractivity contribution in [2.45, 2.75) is 109 Å². The second-order valence-electron chi connectivity index (χ2n) is 11.2. The number of rotatable bonds is 10. The molecule has 0 aromatic carbocycles. The topological polar surface area (TPSA) is 81.4 Å². The summed E-state index contributed by atoms with van der Waals surface area (Å²) in [4.78, 5) is 0. The Labute approximate surface area is 193 Å². The van der Waals surface area contributed by atoms with Gasteiger partial charge in [0.25, 0.3) is 0 Å². The van der Waals surface area contributed by atoms with Crippen molar-refractivity contribution in [2.24, 2.45) is 16.6 Å². The van der Waals surface area contributed by atoms with Crippen LogP contribution < -0.4 is 5.73 Å². The van der Waals surface area contributed by atoms with Gasteiger partial charge in [-0.15, -0.1) is 0 Å². The smallest absolute Gasteiger partial charge is 0.0926 e. The van der Waals surface area contributed by atoms with E-state index in [0.29, 0.717) is 19.8 Å². The van der Waals surface area contributed by atoms with Gasteiger partial charge in [0, 0.05) is 19.8 Å². The molecule has 7 nitrogen and oxygen atoms in total. The van der Waals surface area contributed by atoms with E-state index in [1.807, 2.05) is 0 Å². The average Bonchev–Trinajstić information content (AvgIpc) is 3.35. The van der Waals surface area contributed by atoms with Gasteiger partial charge < -0.3 is 34.2 Å². The number of hydrogen-bond donors (Lipinski definition) is 1. The van der Waals surface area contributed by atoms with Crippen LogP contribution in [0.2, 0.25) is 0 Å². The third-order valence-corrected chi connectivity index (χ3v) is 9.08. The Balaban J connectivity index is 1.32. The van der Waals surface area contributed by atoms with Gasteiger partial charge in [-0.2, -0.15) is 0 Å². The molecule has 7 heteroatoms. The first-order chi connectivity index (χ1) is 15.1. The van der Waals surface area contributed by atoms with Crippen molar-refractivity contribution in [3.63, 3.8) is 0 Å². The van der Waals surface area contributed by atoms with E-state index >= 15 is 0 Å². The zero-order chi connectivity index (χ0) is 23.2. The first kappa shape index (κ1) is 24.8. The monoisotopic (exact) mass is 455 g/mol. The molecule has 4 aliphatic heterocycles. The minimum atomic E-state index is -0.250. The van der Waals surface area contributed by atoms with Crippen molar-refractivity contribution in [1.82, 2.24) is 0 Å². The zero-order valence-electron chi connectivity index (χ0n) is 21.0. The van der Waals surface area contributed by atoms with E-state index in [1.165, 1.54) is 0 Å². The van der Waals surface area contributed by atoms with Gasteiger partial charge in [0.1, 0.15) is 0 Å². The Morgan fingerprint density at radius 1 is 0.906 bits per heavy atom. The van der Waals surface area contributed by atoms with Gasteiger partial charge >= 0.3 is 0 Å². The molecule has 0 amide bonds. The van der Waals surface area contributed by atoms with Crippen molar-refractivity contribution in [3.8, 4) is 0 Å². The average molecular weight is 456 g/mol. The Hall–Kier alpha value is -0.280.